The second-order valence-electron chi connectivity index (χ2n) is 5.76. The van der Waals surface area contributed by atoms with Crippen molar-refractivity contribution in [2.45, 2.75) is 31.2 Å². The second kappa shape index (κ2) is 7.36. The van der Waals surface area contributed by atoms with E-state index in [4.69, 9.17) is 11.6 Å². The van der Waals surface area contributed by atoms with Crippen LogP contribution in [0.4, 0.5) is 0 Å². The summed E-state index contributed by atoms with van der Waals surface area (Å²) in [6.07, 6.45) is 1.79. The first kappa shape index (κ1) is 18.5. The summed E-state index contributed by atoms with van der Waals surface area (Å²) in [5.41, 5.74) is 2.43. The third kappa shape index (κ3) is 4.36. The molecule has 4 nitrogen and oxygen atoms in total. The summed E-state index contributed by atoms with van der Waals surface area (Å²) in [6, 6.07) is 12.1. The molecule has 0 aliphatic heterocycles. The van der Waals surface area contributed by atoms with Crippen molar-refractivity contribution in [1.82, 2.24) is 5.32 Å². The fraction of sp³-hybridized carbons (Fsp3) is 0.278. The summed E-state index contributed by atoms with van der Waals surface area (Å²) in [6.45, 7) is 3.98. The molecular weight excluding hydrogens is 346 g/mol. The van der Waals surface area contributed by atoms with E-state index in [9.17, 15) is 13.2 Å². The molecule has 0 fully saturated rings. The summed E-state index contributed by atoms with van der Waals surface area (Å²) in [7, 11) is -3.49. The van der Waals surface area contributed by atoms with E-state index in [1.165, 1.54) is 18.2 Å². The van der Waals surface area contributed by atoms with Crippen LogP contribution in [0.1, 0.15) is 40.9 Å². The number of hydrogen-bond acceptors (Lipinski definition) is 3. The molecule has 2 rings (SSSR count). The number of carbonyl (C=O) groups excluding carboxylic acids is 1. The molecule has 1 atom stereocenters. The van der Waals surface area contributed by atoms with Gasteiger partial charge in [-0.3, -0.25) is 4.79 Å². The van der Waals surface area contributed by atoms with Crippen molar-refractivity contribution in [1.29, 1.82) is 0 Å². The van der Waals surface area contributed by atoms with E-state index in [1.54, 1.807) is 0 Å². The van der Waals surface area contributed by atoms with Crippen LogP contribution in [-0.2, 0) is 9.84 Å². The summed E-state index contributed by atoms with van der Waals surface area (Å²) in [4.78, 5) is 12.5. The zero-order valence-corrected chi connectivity index (χ0v) is 15.4. The third-order valence-corrected chi connectivity index (χ3v) is 5.36. The predicted octanol–water partition coefficient (Wildman–Crippen LogP) is 3.93. The highest BCUT2D eigenvalue weighted by Gasteiger charge is 2.18. The quantitative estimate of drug-likeness (QED) is 0.873. The van der Waals surface area contributed by atoms with Crippen molar-refractivity contribution in [2.24, 2.45) is 0 Å². The van der Waals surface area contributed by atoms with Gasteiger partial charge in [0, 0.05) is 11.8 Å². The van der Waals surface area contributed by atoms with Gasteiger partial charge in [0.2, 0.25) is 0 Å². The lowest BCUT2D eigenvalue weighted by Crippen LogP contribution is -2.28. The summed E-state index contributed by atoms with van der Waals surface area (Å²) >= 11 is 5.92. The molecule has 0 radical (unpaired) electrons. The van der Waals surface area contributed by atoms with Gasteiger partial charge in [0.15, 0.2) is 9.84 Å². The fourth-order valence-corrected chi connectivity index (χ4v) is 3.69. The Morgan fingerprint density at radius 2 is 1.79 bits per heavy atom. The lowest BCUT2D eigenvalue weighted by atomic mass is 10.0. The molecule has 6 heteroatoms. The number of amides is 1. The van der Waals surface area contributed by atoms with Crippen molar-refractivity contribution in [3.8, 4) is 0 Å². The van der Waals surface area contributed by atoms with Crippen LogP contribution < -0.4 is 5.32 Å². The molecule has 1 unspecified atom stereocenters. The Morgan fingerprint density at radius 1 is 1.17 bits per heavy atom. The lowest BCUT2D eigenvalue weighted by Gasteiger charge is -2.18. The van der Waals surface area contributed by atoms with Crippen LogP contribution in [0, 0.1) is 6.92 Å². The van der Waals surface area contributed by atoms with Crippen LogP contribution in [0.15, 0.2) is 47.4 Å². The Bertz CT molecular complexity index is 845. The van der Waals surface area contributed by atoms with Gasteiger partial charge < -0.3 is 5.32 Å². The highest BCUT2D eigenvalue weighted by atomic mass is 35.5. The molecule has 1 amide bonds. The molecule has 0 saturated carbocycles. The molecule has 24 heavy (non-hydrogen) atoms. The Morgan fingerprint density at radius 3 is 2.33 bits per heavy atom. The van der Waals surface area contributed by atoms with Gasteiger partial charge in [-0.2, -0.15) is 0 Å². The van der Waals surface area contributed by atoms with Crippen LogP contribution in [0.5, 0.6) is 0 Å². The van der Waals surface area contributed by atoms with Crippen molar-refractivity contribution < 1.29 is 13.2 Å². The number of sulfone groups is 1. The molecule has 0 aliphatic rings. The molecule has 1 N–H and O–H groups in total. The minimum atomic E-state index is -3.49. The Labute approximate surface area is 147 Å². The maximum absolute atomic E-state index is 12.5. The largest absolute Gasteiger partial charge is 0.345 e. The maximum atomic E-state index is 12.5. The van der Waals surface area contributed by atoms with Gasteiger partial charge in [0.05, 0.1) is 16.0 Å². The molecule has 0 aliphatic carbocycles. The molecule has 0 heterocycles. The van der Waals surface area contributed by atoms with E-state index in [1.807, 2.05) is 38.1 Å². The van der Waals surface area contributed by atoms with Crippen LogP contribution in [0.2, 0.25) is 5.02 Å². The lowest BCUT2D eigenvalue weighted by molar-refractivity contribution is 0.0935. The Balaban J connectivity index is 2.27. The van der Waals surface area contributed by atoms with Gasteiger partial charge in [-0.25, -0.2) is 8.42 Å². The fourth-order valence-electron chi connectivity index (χ4n) is 2.39. The number of aryl methyl sites for hydroxylation is 1. The Kier molecular flexibility index (Phi) is 5.67. The first-order valence-electron chi connectivity index (χ1n) is 7.59. The Hall–Kier alpha value is -1.85. The number of carbonyl (C=O) groups is 1. The van der Waals surface area contributed by atoms with Crippen molar-refractivity contribution >= 4 is 27.3 Å². The second-order valence-corrected chi connectivity index (χ2v) is 8.15. The zero-order chi connectivity index (χ0) is 17.9. The number of nitrogens with one attached hydrogen (secondary N) is 1. The SMILES string of the molecule is CCC(NC(=O)c1ccc(Cl)c(S(C)(=O)=O)c1)c1ccc(C)cc1. The molecule has 128 valence electrons. The average Bonchev–Trinajstić information content (AvgIpc) is 2.52. The van der Waals surface area contributed by atoms with E-state index in [-0.39, 0.29) is 27.4 Å². The molecule has 2 aromatic carbocycles. The number of hydrogen-bond donors (Lipinski definition) is 1. The monoisotopic (exact) mass is 365 g/mol. The first-order chi connectivity index (χ1) is 11.2. The average molecular weight is 366 g/mol. The molecule has 0 bridgehead atoms. The number of halogens is 1. The molecule has 2 aromatic rings. The minimum Gasteiger partial charge on any atom is -0.345 e. The van der Waals surface area contributed by atoms with Crippen molar-refractivity contribution in [3.05, 3.63) is 64.2 Å². The van der Waals surface area contributed by atoms with Gasteiger partial charge in [-0.15, -0.1) is 0 Å². The summed E-state index contributed by atoms with van der Waals surface area (Å²) in [5, 5.41) is 3.05. The third-order valence-electron chi connectivity index (χ3n) is 3.79. The smallest absolute Gasteiger partial charge is 0.251 e. The maximum Gasteiger partial charge on any atom is 0.251 e. The van der Waals surface area contributed by atoms with E-state index >= 15 is 0 Å². The highest BCUT2D eigenvalue weighted by Crippen LogP contribution is 2.23. The summed E-state index contributed by atoms with van der Waals surface area (Å²) < 4.78 is 23.5. The van der Waals surface area contributed by atoms with Crippen LogP contribution in [0.3, 0.4) is 0 Å². The van der Waals surface area contributed by atoms with Crippen LogP contribution in [0.25, 0.3) is 0 Å². The number of benzene rings is 2. The standard InChI is InChI=1S/C18H20ClNO3S/c1-4-16(13-7-5-12(2)6-8-13)20-18(21)14-9-10-15(19)17(11-14)24(3,22)23/h5-11,16H,4H2,1-3H3,(H,20,21). The summed E-state index contributed by atoms with van der Waals surface area (Å²) in [5.74, 6) is -0.330. The predicted molar refractivity (Wildman–Crippen MR) is 96.2 cm³/mol. The molecule has 0 saturated heterocycles. The van der Waals surface area contributed by atoms with Gasteiger partial charge in [-0.05, 0) is 37.1 Å². The van der Waals surface area contributed by atoms with E-state index in [0.717, 1.165) is 23.8 Å². The van der Waals surface area contributed by atoms with Crippen LogP contribution in [-0.4, -0.2) is 20.6 Å². The first-order valence-corrected chi connectivity index (χ1v) is 9.86. The topological polar surface area (TPSA) is 63.2 Å². The van der Waals surface area contributed by atoms with Gasteiger partial charge >= 0.3 is 0 Å². The molecular formula is C18H20ClNO3S. The minimum absolute atomic E-state index is 0.0415. The zero-order valence-electron chi connectivity index (χ0n) is 13.8. The van der Waals surface area contributed by atoms with E-state index in [2.05, 4.69) is 5.32 Å². The van der Waals surface area contributed by atoms with E-state index in [0.29, 0.717) is 0 Å². The van der Waals surface area contributed by atoms with Gasteiger partial charge in [-0.1, -0.05) is 48.4 Å². The number of rotatable bonds is 5. The highest BCUT2D eigenvalue weighted by molar-refractivity contribution is 7.90. The van der Waals surface area contributed by atoms with Crippen molar-refractivity contribution in [3.63, 3.8) is 0 Å². The van der Waals surface area contributed by atoms with Gasteiger partial charge in [0.25, 0.3) is 5.91 Å². The van der Waals surface area contributed by atoms with Gasteiger partial charge in [0.1, 0.15) is 0 Å². The molecule has 0 aromatic heterocycles. The van der Waals surface area contributed by atoms with E-state index < -0.39 is 9.84 Å². The molecule has 0 spiro atoms. The van der Waals surface area contributed by atoms with Crippen LogP contribution >= 0.6 is 11.6 Å². The normalized spacial score (nSPS) is 12.7. The van der Waals surface area contributed by atoms with Crippen molar-refractivity contribution in [2.75, 3.05) is 6.26 Å².